The van der Waals surface area contributed by atoms with Gasteiger partial charge in [-0.15, -0.1) is 0 Å². The zero-order valence-electron chi connectivity index (χ0n) is 14.1. The molecule has 4 saturated carbocycles. The van der Waals surface area contributed by atoms with Crippen LogP contribution in [0.3, 0.4) is 0 Å². The average Bonchev–Trinajstić information content (AvgIpc) is 2.56. The molecular weight excluding hydrogens is 268 g/mol. The summed E-state index contributed by atoms with van der Waals surface area (Å²) in [5.41, 5.74) is 2.55. The number of hydrogen-bond acceptors (Lipinski definition) is 0. The molecule has 0 aromatic carbocycles. The van der Waals surface area contributed by atoms with Crippen molar-refractivity contribution in [2.45, 2.75) is 101 Å². The van der Waals surface area contributed by atoms with E-state index in [1.807, 2.05) is 0 Å². The summed E-state index contributed by atoms with van der Waals surface area (Å²) in [7, 11) is 0.188. The molecule has 0 saturated heterocycles. The number of rotatable bonds is 2. The molecule has 0 amide bonds. The molecule has 21 heavy (non-hydrogen) atoms. The van der Waals surface area contributed by atoms with Crippen LogP contribution in [0.4, 0.5) is 0 Å². The standard InChI is InChI=1S/C20H36Si/c1-3-11-17-15(7-1)9-5-13-19(17)21-20-14-6-10-16-8-2-4-12-18(16)20/h15-20H,1-14,21H2. The van der Waals surface area contributed by atoms with E-state index in [-0.39, 0.29) is 9.52 Å². The highest BCUT2D eigenvalue weighted by molar-refractivity contribution is 6.40. The molecule has 0 nitrogen and oxygen atoms in total. The summed E-state index contributed by atoms with van der Waals surface area (Å²) >= 11 is 0. The highest BCUT2D eigenvalue weighted by atomic mass is 28.2. The molecule has 4 aliphatic rings. The van der Waals surface area contributed by atoms with Gasteiger partial charge < -0.3 is 0 Å². The van der Waals surface area contributed by atoms with Gasteiger partial charge in [0, 0.05) is 9.52 Å². The second-order valence-corrected chi connectivity index (χ2v) is 11.6. The first kappa shape index (κ1) is 14.8. The lowest BCUT2D eigenvalue weighted by Gasteiger charge is -2.46. The summed E-state index contributed by atoms with van der Waals surface area (Å²) in [6.07, 6.45) is 22.4. The first-order valence-electron chi connectivity index (χ1n) is 10.4. The van der Waals surface area contributed by atoms with Gasteiger partial charge in [-0.05, 0) is 34.8 Å². The maximum atomic E-state index is 1.65. The predicted octanol–water partition coefficient (Wildman–Crippen LogP) is 5.71. The minimum absolute atomic E-state index is 0.188. The van der Waals surface area contributed by atoms with Crippen LogP contribution in [-0.2, 0) is 0 Å². The zero-order chi connectivity index (χ0) is 14.1. The van der Waals surface area contributed by atoms with Crippen molar-refractivity contribution < 1.29 is 0 Å². The smallest absolute Gasteiger partial charge is 0.0271 e. The quantitative estimate of drug-likeness (QED) is 0.573. The van der Waals surface area contributed by atoms with Crippen LogP contribution in [0.15, 0.2) is 0 Å². The van der Waals surface area contributed by atoms with Gasteiger partial charge in [0.05, 0.1) is 0 Å². The lowest BCUT2D eigenvalue weighted by molar-refractivity contribution is 0.155. The van der Waals surface area contributed by atoms with Gasteiger partial charge in [-0.2, -0.15) is 0 Å². The third kappa shape index (κ3) is 3.14. The van der Waals surface area contributed by atoms with E-state index in [9.17, 15) is 0 Å². The van der Waals surface area contributed by atoms with Crippen molar-refractivity contribution in [3.05, 3.63) is 0 Å². The van der Waals surface area contributed by atoms with Crippen LogP contribution < -0.4 is 0 Å². The van der Waals surface area contributed by atoms with Gasteiger partial charge in [-0.3, -0.25) is 0 Å². The van der Waals surface area contributed by atoms with E-state index < -0.39 is 0 Å². The van der Waals surface area contributed by atoms with Gasteiger partial charge in [0.15, 0.2) is 0 Å². The molecule has 4 rings (SSSR count). The normalized spacial score (nSPS) is 48.0. The Bertz CT molecular complexity index is 303. The van der Waals surface area contributed by atoms with Crippen LogP contribution in [0.25, 0.3) is 0 Å². The minimum Gasteiger partial charge on any atom is -0.0531 e. The van der Waals surface area contributed by atoms with Crippen LogP contribution in [0.1, 0.15) is 89.9 Å². The predicted molar refractivity (Wildman–Crippen MR) is 94.6 cm³/mol. The molecule has 0 radical (unpaired) electrons. The molecule has 0 heterocycles. The van der Waals surface area contributed by atoms with E-state index in [2.05, 4.69) is 0 Å². The lowest BCUT2D eigenvalue weighted by atomic mass is 9.70. The maximum absolute atomic E-state index is 1.65. The summed E-state index contributed by atoms with van der Waals surface area (Å²) in [5.74, 6) is 4.78. The Labute approximate surface area is 134 Å². The van der Waals surface area contributed by atoms with Gasteiger partial charge in [0.25, 0.3) is 0 Å². The Balaban J connectivity index is 1.41. The van der Waals surface area contributed by atoms with E-state index in [0.717, 1.165) is 0 Å². The Morgan fingerprint density at radius 2 is 0.857 bits per heavy atom. The number of fused-ring (bicyclic) bond motifs is 2. The molecule has 6 unspecified atom stereocenters. The largest absolute Gasteiger partial charge is 0.0531 e. The molecule has 0 aromatic heterocycles. The van der Waals surface area contributed by atoms with E-state index >= 15 is 0 Å². The van der Waals surface area contributed by atoms with Crippen LogP contribution in [0.5, 0.6) is 0 Å². The van der Waals surface area contributed by atoms with Crippen molar-refractivity contribution in [3.63, 3.8) is 0 Å². The Morgan fingerprint density at radius 3 is 1.38 bits per heavy atom. The van der Waals surface area contributed by atoms with Crippen molar-refractivity contribution in [2.75, 3.05) is 0 Å². The molecule has 0 spiro atoms. The molecule has 0 bridgehead atoms. The van der Waals surface area contributed by atoms with Crippen molar-refractivity contribution in [1.29, 1.82) is 0 Å². The number of hydrogen-bond donors (Lipinski definition) is 0. The van der Waals surface area contributed by atoms with E-state index in [0.29, 0.717) is 0 Å². The van der Waals surface area contributed by atoms with E-state index in [4.69, 9.17) is 0 Å². The van der Waals surface area contributed by atoms with Crippen LogP contribution in [0, 0.1) is 23.7 Å². The molecule has 0 N–H and O–H groups in total. The molecule has 0 aromatic rings. The highest BCUT2D eigenvalue weighted by Crippen LogP contribution is 2.52. The maximum Gasteiger partial charge on any atom is 0.0271 e. The van der Waals surface area contributed by atoms with Crippen LogP contribution in [0.2, 0.25) is 11.1 Å². The summed E-state index contributed by atoms with van der Waals surface area (Å²) < 4.78 is 0. The summed E-state index contributed by atoms with van der Waals surface area (Å²) in [5, 5.41) is 0. The summed E-state index contributed by atoms with van der Waals surface area (Å²) in [6, 6.07) is 0. The Hall–Kier alpha value is 0.217. The zero-order valence-corrected chi connectivity index (χ0v) is 15.5. The third-order valence-electron chi connectivity index (χ3n) is 8.05. The molecule has 4 fully saturated rings. The molecule has 4 aliphatic carbocycles. The van der Waals surface area contributed by atoms with Gasteiger partial charge >= 0.3 is 0 Å². The molecule has 0 aliphatic heterocycles. The third-order valence-corrected chi connectivity index (χ3v) is 11.3. The average molecular weight is 305 g/mol. The lowest BCUT2D eigenvalue weighted by Crippen LogP contribution is -2.36. The van der Waals surface area contributed by atoms with Crippen molar-refractivity contribution in [2.24, 2.45) is 23.7 Å². The topological polar surface area (TPSA) is 0 Å². The fourth-order valence-corrected chi connectivity index (χ4v) is 10.9. The second kappa shape index (κ2) is 6.77. The van der Waals surface area contributed by atoms with Gasteiger partial charge in [0.2, 0.25) is 0 Å². The molecule has 1 heteroatoms. The van der Waals surface area contributed by atoms with Gasteiger partial charge in [0.1, 0.15) is 0 Å². The molecule has 120 valence electrons. The van der Waals surface area contributed by atoms with Crippen molar-refractivity contribution in [1.82, 2.24) is 0 Å². The van der Waals surface area contributed by atoms with E-state index in [1.165, 1.54) is 34.8 Å². The highest BCUT2D eigenvalue weighted by Gasteiger charge is 2.40. The monoisotopic (exact) mass is 304 g/mol. The first-order valence-corrected chi connectivity index (χ1v) is 12.0. The van der Waals surface area contributed by atoms with Gasteiger partial charge in [-0.1, -0.05) is 89.9 Å². The van der Waals surface area contributed by atoms with Crippen LogP contribution >= 0.6 is 0 Å². The first-order chi connectivity index (χ1) is 10.4. The fraction of sp³-hybridized carbons (Fsp3) is 1.00. The summed E-state index contributed by atoms with van der Waals surface area (Å²) in [6.45, 7) is 0. The fourth-order valence-electron chi connectivity index (χ4n) is 7.12. The van der Waals surface area contributed by atoms with Crippen molar-refractivity contribution in [3.8, 4) is 0 Å². The van der Waals surface area contributed by atoms with Gasteiger partial charge in [-0.25, -0.2) is 0 Å². The molecule has 6 atom stereocenters. The van der Waals surface area contributed by atoms with E-state index in [1.54, 1.807) is 89.9 Å². The summed E-state index contributed by atoms with van der Waals surface area (Å²) in [4.78, 5) is 0. The Morgan fingerprint density at radius 1 is 0.429 bits per heavy atom. The minimum atomic E-state index is 0.188. The van der Waals surface area contributed by atoms with Crippen LogP contribution in [-0.4, -0.2) is 9.52 Å². The molecular formula is C20H36Si. The SMILES string of the molecule is C1CCC2C(C1)CCCC2[SiH2]C1CCCC2CCCCC21. The second-order valence-electron chi connectivity index (χ2n) is 9.03. The van der Waals surface area contributed by atoms with Crippen molar-refractivity contribution >= 4 is 9.52 Å². The Kier molecular flexibility index (Phi) is 4.76.